The summed E-state index contributed by atoms with van der Waals surface area (Å²) in [5, 5.41) is 0. The topological polar surface area (TPSA) is 58.3 Å². The predicted octanol–water partition coefficient (Wildman–Crippen LogP) is 5.80. The van der Waals surface area contributed by atoms with Gasteiger partial charge in [0.05, 0.1) is 6.67 Å². The zero-order chi connectivity index (χ0) is 22.4. The van der Waals surface area contributed by atoms with Crippen LogP contribution in [0.25, 0.3) is 0 Å². The number of fused-ring (bicyclic) bond motifs is 2. The number of nitrogen functional groups attached to an aromatic ring is 1. The summed E-state index contributed by atoms with van der Waals surface area (Å²) in [4.78, 5) is 13.0. The van der Waals surface area contributed by atoms with Crippen LogP contribution in [-0.4, -0.2) is 30.2 Å². The summed E-state index contributed by atoms with van der Waals surface area (Å²) in [6.45, 7) is 14.0. The molecule has 0 saturated heterocycles. The van der Waals surface area contributed by atoms with Crippen LogP contribution in [0.15, 0.2) is 29.6 Å². The van der Waals surface area contributed by atoms with Crippen LogP contribution in [0.1, 0.15) is 73.1 Å². The first-order chi connectivity index (χ1) is 14.6. The maximum atomic E-state index is 6.16. The minimum Gasteiger partial charge on any atom is -0.382 e. The van der Waals surface area contributed by atoms with E-state index in [1.54, 1.807) is 11.9 Å². The molecule has 0 bridgehead atoms. The molecule has 0 spiro atoms. The molecule has 5 heteroatoms. The van der Waals surface area contributed by atoms with Crippen LogP contribution in [0, 0.1) is 22.7 Å². The number of nitrogens with two attached hydrogens (primary N) is 1. The monoisotopic (exact) mass is 423 g/mol. The molecule has 0 aromatic carbocycles. The molecule has 0 amide bonds. The van der Waals surface area contributed by atoms with Crippen LogP contribution in [0.4, 0.5) is 17.3 Å². The number of anilines is 3. The quantitative estimate of drug-likeness (QED) is 0.607. The first-order valence-corrected chi connectivity index (χ1v) is 12.1. The maximum absolute atomic E-state index is 6.16. The van der Waals surface area contributed by atoms with E-state index in [9.17, 15) is 0 Å². The van der Waals surface area contributed by atoms with Gasteiger partial charge in [0.2, 0.25) is 0 Å². The van der Waals surface area contributed by atoms with Gasteiger partial charge in [0, 0.05) is 13.6 Å². The van der Waals surface area contributed by atoms with E-state index in [-0.39, 0.29) is 0 Å². The molecule has 1 saturated carbocycles. The molecule has 170 valence electrons. The van der Waals surface area contributed by atoms with E-state index in [0.29, 0.717) is 16.6 Å². The van der Waals surface area contributed by atoms with Gasteiger partial charge in [-0.05, 0) is 68.1 Å². The van der Waals surface area contributed by atoms with Crippen molar-refractivity contribution in [2.45, 2.75) is 73.1 Å². The number of hydrogen-bond acceptors (Lipinski definition) is 5. The van der Waals surface area contributed by atoms with Crippen LogP contribution in [0.3, 0.4) is 0 Å². The summed E-state index contributed by atoms with van der Waals surface area (Å²) < 4.78 is 0. The van der Waals surface area contributed by atoms with Gasteiger partial charge in [0.1, 0.15) is 12.0 Å². The van der Waals surface area contributed by atoms with E-state index in [0.717, 1.165) is 43.0 Å². The summed E-state index contributed by atoms with van der Waals surface area (Å²) in [7, 11) is 2.06. The van der Waals surface area contributed by atoms with Crippen LogP contribution < -0.4 is 15.5 Å². The lowest BCUT2D eigenvalue weighted by atomic mass is 9.52. The van der Waals surface area contributed by atoms with E-state index in [1.165, 1.54) is 37.7 Å². The molecule has 1 aliphatic heterocycles. The fraction of sp³-hybridized carbons (Fsp3) is 0.692. The number of rotatable bonds is 5. The Kier molecular flexibility index (Phi) is 5.82. The Balaban J connectivity index is 1.44. The van der Waals surface area contributed by atoms with Gasteiger partial charge in [-0.25, -0.2) is 9.97 Å². The molecule has 1 aromatic rings. The minimum absolute atomic E-state index is 0.328. The predicted molar refractivity (Wildman–Crippen MR) is 131 cm³/mol. The van der Waals surface area contributed by atoms with Crippen molar-refractivity contribution in [3.8, 4) is 0 Å². The largest absolute Gasteiger partial charge is 0.382 e. The van der Waals surface area contributed by atoms with Crippen LogP contribution in [0.2, 0.25) is 0 Å². The molecule has 3 aliphatic rings. The number of nitrogens with zero attached hydrogens (tertiary/aromatic N) is 4. The summed E-state index contributed by atoms with van der Waals surface area (Å²) in [5.74, 6) is 3.03. The Morgan fingerprint density at radius 1 is 1.26 bits per heavy atom. The van der Waals surface area contributed by atoms with Gasteiger partial charge in [0.15, 0.2) is 11.6 Å². The fourth-order valence-electron chi connectivity index (χ4n) is 6.26. The zero-order valence-electron chi connectivity index (χ0n) is 20.4. The summed E-state index contributed by atoms with van der Waals surface area (Å²) in [5.41, 5.74) is 11.2. The van der Waals surface area contributed by atoms with Crippen molar-refractivity contribution in [3.63, 3.8) is 0 Å². The SMILES string of the molecule is C/C(=C/CN1CN(C)c2ncnc(N)c21)CC[C@@]1(C)C2=CCCC(C)(C)[C@@H]2CC[C@@H]1C. The standard InChI is InChI=1S/C26H41N5/c1-18(12-15-31-17-30(6)24-22(31)23(27)28-16-29-24)11-14-26(5)19(2)9-10-20-21(26)8-7-13-25(20,3)4/h8,12,16,19-20H,7,9-11,13-15,17H2,1-6H3,(H2,27,28,29)/b18-12-/t19-,20+,26+/m0/s1. The molecule has 0 radical (unpaired) electrons. The molecule has 2 aliphatic carbocycles. The first kappa shape index (κ1) is 22.2. The van der Waals surface area contributed by atoms with E-state index >= 15 is 0 Å². The van der Waals surface area contributed by atoms with Crippen LogP contribution in [-0.2, 0) is 0 Å². The molecular formula is C26H41N5. The summed E-state index contributed by atoms with van der Waals surface area (Å²) in [6.07, 6.45) is 14.3. The van der Waals surface area contributed by atoms with Crippen LogP contribution >= 0.6 is 0 Å². The molecule has 2 N–H and O–H groups in total. The van der Waals surface area contributed by atoms with Crippen molar-refractivity contribution in [1.82, 2.24) is 9.97 Å². The van der Waals surface area contributed by atoms with Gasteiger partial charge in [-0.2, -0.15) is 0 Å². The van der Waals surface area contributed by atoms with E-state index in [1.807, 2.05) is 0 Å². The smallest absolute Gasteiger partial charge is 0.159 e. The lowest BCUT2D eigenvalue weighted by molar-refractivity contribution is 0.0812. The van der Waals surface area contributed by atoms with E-state index < -0.39 is 0 Å². The third-order valence-electron chi connectivity index (χ3n) is 8.70. The first-order valence-electron chi connectivity index (χ1n) is 12.1. The van der Waals surface area contributed by atoms with Crippen molar-refractivity contribution in [2.24, 2.45) is 22.7 Å². The number of aromatic nitrogens is 2. The molecule has 1 aromatic heterocycles. The summed E-state index contributed by atoms with van der Waals surface area (Å²) >= 11 is 0. The average molecular weight is 424 g/mol. The third kappa shape index (κ3) is 3.96. The number of allylic oxidation sites excluding steroid dienone is 3. The Morgan fingerprint density at radius 3 is 2.81 bits per heavy atom. The molecular weight excluding hydrogens is 382 g/mol. The molecule has 0 unspecified atom stereocenters. The lowest BCUT2D eigenvalue weighted by Gasteiger charge is -2.53. The second-order valence-electron chi connectivity index (χ2n) is 11.2. The van der Waals surface area contributed by atoms with E-state index in [2.05, 4.69) is 73.6 Å². The second kappa shape index (κ2) is 8.14. The van der Waals surface area contributed by atoms with Gasteiger partial charge < -0.3 is 15.5 Å². The minimum atomic E-state index is 0.328. The van der Waals surface area contributed by atoms with Crippen molar-refractivity contribution >= 4 is 17.3 Å². The molecule has 5 nitrogen and oxygen atoms in total. The fourth-order valence-corrected chi connectivity index (χ4v) is 6.26. The van der Waals surface area contributed by atoms with Crippen molar-refractivity contribution in [1.29, 1.82) is 0 Å². The van der Waals surface area contributed by atoms with Crippen molar-refractivity contribution in [3.05, 3.63) is 29.6 Å². The van der Waals surface area contributed by atoms with Crippen molar-refractivity contribution in [2.75, 3.05) is 35.8 Å². The highest BCUT2D eigenvalue weighted by molar-refractivity contribution is 5.81. The highest BCUT2D eigenvalue weighted by Crippen LogP contribution is 2.58. The van der Waals surface area contributed by atoms with Gasteiger partial charge in [-0.3, -0.25) is 0 Å². The highest BCUT2D eigenvalue weighted by atomic mass is 15.4. The Bertz CT molecular complexity index is 886. The lowest BCUT2D eigenvalue weighted by Crippen LogP contribution is -2.43. The van der Waals surface area contributed by atoms with Crippen molar-refractivity contribution < 1.29 is 0 Å². The molecule has 1 fully saturated rings. The average Bonchev–Trinajstić information content (AvgIpc) is 3.05. The molecule has 3 atom stereocenters. The van der Waals surface area contributed by atoms with Gasteiger partial charge in [-0.15, -0.1) is 0 Å². The van der Waals surface area contributed by atoms with Gasteiger partial charge in [0.25, 0.3) is 0 Å². The maximum Gasteiger partial charge on any atom is 0.159 e. The van der Waals surface area contributed by atoms with Gasteiger partial charge in [-0.1, -0.05) is 51.0 Å². The Labute approximate surface area is 188 Å². The second-order valence-corrected chi connectivity index (χ2v) is 11.2. The normalized spacial score (nSPS) is 30.1. The summed E-state index contributed by atoms with van der Waals surface area (Å²) in [6, 6.07) is 0. The zero-order valence-corrected chi connectivity index (χ0v) is 20.4. The third-order valence-corrected chi connectivity index (χ3v) is 8.70. The van der Waals surface area contributed by atoms with Gasteiger partial charge >= 0.3 is 0 Å². The molecule has 31 heavy (non-hydrogen) atoms. The molecule has 4 rings (SSSR count). The Morgan fingerprint density at radius 2 is 2.03 bits per heavy atom. The highest BCUT2D eigenvalue weighted by Gasteiger charge is 2.47. The molecule has 2 heterocycles. The Hall–Kier alpha value is -2.04. The van der Waals surface area contributed by atoms with Crippen LogP contribution in [0.5, 0.6) is 0 Å². The van der Waals surface area contributed by atoms with E-state index in [4.69, 9.17) is 5.73 Å². The number of hydrogen-bond donors (Lipinski definition) is 1.